The monoisotopic (exact) mass is 225 g/mol. The Kier molecular flexibility index (Phi) is 2.54. The van der Waals surface area contributed by atoms with Crippen molar-refractivity contribution in [2.24, 2.45) is 17.6 Å². The largest absolute Gasteiger partial charge is 0.388 e. The van der Waals surface area contributed by atoms with Crippen LogP contribution in [-0.4, -0.2) is 29.5 Å². The molecule has 3 saturated carbocycles. The van der Waals surface area contributed by atoms with Crippen LogP contribution in [0.15, 0.2) is 0 Å². The Balaban J connectivity index is 1.86. The lowest BCUT2D eigenvalue weighted by atomic mass is 9.54. The van der Waals surface area contributed by atoms with Crippen molar-refractivity contribution in [3.05, 3.63) is 0 Å². The maximum atomic E-state index is 10.9. The fraction of sp³-hybridized carbons (Fsp3) is 1.00. The van der Waals surface area contributed by atoms with Gasteiger partial charge in [0.1, 0.15) is 0 Å². The molecule has 4 aliphatic rings. The first-order valence-electron chi connectivity index (χ1n) is 6.73. The molecule has 0 aromatic rings. The number of fused-ring (bicyclic) bond motifs is 3. The highest BCUT2D eigenvalue weighted by atomic mass is 16.5. The number of nitrogens with two attached hydrogens (primary N) is 1. The molecule has 0 amide bonds. The smallest absolute Gasteiger partial charge is 0.0872 e. The zero-order valence-electron chi connectivity index (χ0n) is 9.95. The van der Waals surface area contributed by atoms with Crippen LogP contribution in [0.25, 0.3) is 0 Å². The van der Waals surface area contributed by atoms with Crippen LogP contribution < -0.4 is 5.73 Å². The minimum absolute atomic E-state index is 0.321. The summed E-state index contributed by atoms with van der Waals surface area (Å²) in [5.74, 6) is 1.31. The summed E-state index contributed by atoms with van der Waals surface area (Å²) in [6, 6.07) is 0. The minimum Gasteiger partial charge on any atom is -0.388 e. The third-order valence-electron chi connectivity index (χ3n) is 5.39. The van der Waals surface area contributed by atoms with E-state index in [0.29, 0.717) is 19.1 Å². The van der Waals surface area contributed by atoms with Gasteiger partial charge in [0.05, 0.1) is 5.60 Å². The Bertz CT molecular complexity index is 267. The van der Waals surface area contributed by atoms with Crippen LogP contribution in [0.5, 0.6) is 0 Å². The summed E-state index contributed by atoms with van der Waals surface area (Å²) < 4.78 is 5.37. The van der Waals surface area contributed by atoms with Gasteiger partial charge >= 0.3 is 0 Å². The van der Waals surface area contributed by atoms with Crippen LogP contribution >= 0.6 is 0 Å². The van der Waals surface area contributed by atoms with Gasteiger partial charge in [-0.2, -0.15) is 0 Å². The molecule has 1 saturated heterocycles. The second-order valence-corrected chi connectivity index (χ2v) is 6.11. The number of hydrogen-bond acceptors (Lipinski definition) is 3. The van der Waals surface area contributed by atoms with Crippen molar-refractivity contribution in [1.82, 2.24) is 0 Å². The molecule has 0 aromatic carbocycles. The zero-order chi connectivity index (χ0) is 11.2. The van der Waals surface area contributed by atoms with Crippen molar-refractivity contribution >= 4 is 0 Å². The minimum atomic E-state index is -0.658. The topological polar surface area (TPSA) is 55.5 Å². The molecule has 92 valence electrons. The first-order chi connectivity index (χ1) is 7.64. The Hall–Kier alpha value is -0.120. The van der Waals surface area contributed by atoms with Crippen molar-refractivity contribution < 1.29 is 9.84 Å². The number of ether oxygens (including phenoxy) is 1. The number of aliphatic hydroxyl groups is 1. The lowest BCUT2D eigenvalue weighted by Crippen LogP contribution is -2.69. The molecular weight excluding hydrogens is 202 g/mol. The molecular formula is C13H23NO2. The average Bonchev–Trinajstić information content (AvgIpc) is 2.31. The van der Waals surface area contributed by atoms with Gasteiger partial charge in [-0.1, -0.05) is 12.8 Å². The van der Waals surface area contributed by atoms with E-state index in [1.165, 1.54) is 25.7 Å². The second kappa shape index (κ2) is 3.69. The molecule has 2 bridgehead atoms. The number of hydrogen-bond donors (Lipinski definition) is 2. The molecule has 1 unspecified atom stereocenters. The first kappa shape index (κ1) is 11.0. The molecule has 4 rings (SSSR count). The molecule has 0 radical (unpaired) electrons. The molecule has 1 aliphatic heterocycles. The molecule has 4 fully saturated rings. The normalized spacial score (nSPS) is 46.9. The third-order valence-corrected chi connectivity index (χ3v) is 5.39. The van der Waals surface area contributed by atoms with Crippen LogP contribution in [-0.2, 0) is 4.74 Å². The van der Waals surface area contributed by atoms with E-state index in [4.69, 9.17) is 10.5 Å². The van der Waals surface area contributed by atoms with E-state index in [9.17, 15) is 5.11 Å². The quantitative estimate of drug-likeness (QED) is 0.710. The van der Waals surface area contributed by atoms with Gasteiger partial charge in [-0.25, -0.2) is 0 Å². The average molecular weight is 225 g/mol. The molecule has 1 atom stereocenters. The van der Waals surface area contributed by atoms with E-state index in [1.807, 2.05) is 0 Å². The number of rotatable bonds is 1. The Labute approximate surface area is 97.3 Å². The standard InChI is InChI=1S/C13H23NO2/c14-13(12(15)5-7-16-8-6-12)9-10-1-3-11(13)4-2-10/h10-11,15H,1-9,14H2. The maximum Gasteiger partial charge on any atom is 0.0872 e. The van der Waals surface area contributed by atoms with Gasteiger partial charge in [-0.15, -0.1) is 0 Å². The third kappa shape index (κ3) is 1.45. The van der Waals surface area contributed by atoms with Crippen molar-refractivity contribution in [2.75, 3.05) is 13.2 Å². The Morgan fingerprint density at radius 2 is 1.69 bits per heavy atom. The van der Waals surface area contributed by atoms with Gasteiger partial charge in [-0.05, 0) is 31.1 Å². The molecule has 0 aromatic heterocycles. The molecule has 3 heteroatoms. The molecule has 3 nitrogen and oxygen atoms in total. The molecule has 3 aliphatic carbocycles. The highest BCUT2D eigenvalue weighted by Crippen LogP contribution is 2.52. The van der Waals surface area contributed by atoms with Gasteiger partial charge in [0.25, 0.3) is 0 Å². The summed E-state index contributed by atoms with van der Waals surface area (Å²) in [4.78, 5) is 0. The van der Waals surface area contributed by atoms with Crippen LogP contribution in [0.3, 0.4) is 0 Å². The Morgan fingerprint density at radius 3 is 2.19 bits per heavy atom. The van der Waals surface area contributed by atoms with Gasteiger partial charge in [0, 0.05) is 31.6 Å². The molecule has 16 heavy (non-hydrogen) atoms. The molecule has 0 spiro atoms. The fourth-order valence-corrected chi connectivity index (χ4v) is 4.27. The Morgan fingerprint density at radius 1 is 1.06 bits per heavy atom. The van der Waals surface area contributed by atoms with Gasteiger partial charge in [-0.3, -0.25) is 0 Å². The van der Waals surface area contributed by atoms with Crippen LogP contribution in [0.4, 0.5) is 0 Å². The van der Waals surface area contributed by atoms with E-state index in [2.05, 4.69) is 0 Å². The molecule has 1 heterocycles. The van der Waals surface area contributed by atoms with Crippen molar-refractivity contribution in [3.8, 4) is 0 Å². The second-order valence-electron chi connectivity index (χ2n) is 6.11. The van der Waals surface area contributed by atoms with E-state index < -0.39 is 5.60 Å². The SMILES string of the molecule is NC1(C2(O)CCOCC2)CC2CCC1CC2. The van der Waals surface area contributed by atoms with Gasteiger partial charge < -0.3 is 15.6 Å². The van der Waals surface area contributed by atoms with E-state index in [1.54, 1.807) is 0 Å². The van der Waals surface area contributed by atoms with Crippen LogP contribution in [0.1, 0.15) is 44.9 Å². The van der Waals surface area contributed by atoms with Gasteiger partial charge in [0.2, 0.25) is 0 Å². The summed E-state index contributed by atoms with van der Waals surface area (Å²) in [7, 11) is 0. The summed E-state index contributed by atoms with van der Waals surface area (Å²) in [6.07, 6.45) is 7.61. The van der Waals surface area contributed by atoms with Crippen molar-refractivity contribution in [3.63, 3.8) is 0 Å². The lowest BCUT2D eigenvalue weighted by molar-refractivity contribution is -0.152. The summed E-state index contributed by atoms with van der Waals surface area (Å²) in [6.45, 7) is 1.35. The highest BCUT2D eigenvalue weighted by molar-refractivity contribution is 5.12. The summed E-state index contributed by atoms with van der Waals surface area (Å²) in [5.41, 5.74) is 5.67. The van der Waals surface area contributed by atoms with E-state index in [0.717, 1.165) is 25.2 Å². The van der Waals surface area contributed by atoms with Crippen molar-refractivity contribution in [2.45, 2.75) is 56.1 Å². The lowest BCUT2D eigenvalue weighted by Gasteiger charge is -2.58. The summed E-state index contributed by atoms with van der Waals surface area (Å²) in [5, 5.41) is 10.9. The van der Waals surface area contributed by atoms with Gasteiger partial charge in [0.15, 0.2) is 0 Å². The van der Waals surface area contributed by atoms with E-state index >= 15 is 0 Å². The highest BCUT2D eigenvalue weighted by Gasteiger charge is 2.56. The first-order valence-corrected chi connectivity index (χ1v) is 6.73. The summed E-state index contributed by atoms with van der Waals surface area (Å²) >= 11 is 0. The molecule has 3 N–H and O–H groups in total. The zero-order valence-corrected chi connectivity index (χ0v) is 9.95. The van der Waals surface area contributed by atoms with Crippen molar-refractivity contribution in [1.29, 1.82) is 0 Å². The predicted octanol–water partition coefficient (Wildman–Crippen LogP) is 1.44. The predicted molar refractivity (Wildman–Crippen MR) is 62.0 cm³/mol. The van der Waals surface area contributed by atoms with E-state index in [-0.39, 0.29) is 5.54 Å². The van der Waals surface area contributed by atoms with Crippen LogP contribution in [0.2, 0.25) is 0 Å². The fourth-order valence-electron chi connectivity index (χ4n) is 4.27. The maximum absolute atomic E-state index is 10.9. The van der Waals surface area contributed by atoms with Crippen LogP contribution in [0, 0.1) is 11.8 Å².